The van der Waals surface area contributed by atoms with Gasteiger partial charge < -0.3 is 19.0 Å². The average molecular weight is 466 g/mol. The summed E-state index contributed by atoms with van der Waals surface area (Å²) in [5.41, 5.74) is 4.47. The Bertz CT molecular complexity index is 905. The van der Waals surface area contributed by atoms with Crippen LogP contribution in [0.5, 0.6) is 11.5 Å². The van der Waals surface area contributed by atoms with Gasteiger partial charge in [-0.2, -0.15) is 0 Å². The quantitative estimate of drug-likeness (QED) is 0.200. The second-order valence-electron chi connectivity index (χ2n) is 9.14. The molecule has 34 heavy (non-hydrogen) atoms. The van der Waals surface area contributed by atoms with E-state index in [9.17, 15) is 0 Å². The molecule has 0 N–H and O–H groups in total. The van der Waals surface area contributed by atoms with E-state index < -0.39 is 0 Å². The summed E-state index contributed by atoms with van der Waals surface area (Å²) in [6.45, 7) is 9.05. The molecule has 1 saturated carbocycles. The fourth-order valence-corrected chi connectivity index (χ4v) is 4.39. The molecule has 0 saturated heterocycles. The van der Waals surface area contributed by atoms with Crippen LogP contribution in [-0.2, 0) is 16.2 Å². The van der Waals surface area contributed by atoms with Crippen molar-refractivity contribution in [1.82, 2.24) is 0 Å². The van der Waals surface area contributed by atoms with E-state index in [0.29, 0.717) is 25.0 Å². The number of benzene rings is 2. The van der Waals surface area contributed by atoms with Crippen molar-refractivity contribution in [2.24, 2.45) is 17.0 Å². The minimum Gasteiger partial charge on any atom is -0.493 e. The minimum atomic E-state index is 0.596. The van der Waals surface area contributed by atoms with Crippen molar-refractivity contribution in [2.75, 3.05) is 26.9 Å². The maximum atomic E-state index is 6.28. The normalized spacial score (nSPS) is 18.5. The van der Waals surface area contributed by atoms with Crippen LogP contribution in [0.2, 0.25) is 0 Å². The number of allylic oxidation sites excluding steroid dienone is 1. The summed E-state index contributed by atoms with van der Waals surface area (Å²) in [7, 11) is 1.54. The van der Waals surface area contributed by atoms with Crippen LogP contribution in [0.15, 0.2) is 53.7 Å². The molecule has 0 aliphatic heterocycles. The van der Waals surface area contributed by atoms with Gasteiger partial charge in [0, 0.05) is 6.61 Å². The molecule has 1 aliphatic rings. The predicted molar refractivity (Wildman–Crippen MR) is 138 cm³/mol. The van der Waals surface area contributed by atoms with E-state index in [1.54, 1.807) is 13.3 Å². The van der Waals surface area contributed by atoms with E-state index >= 15 is 0 Å². The van der Waals surface area contributed by atoms with Crippen molar-refractivity contribution in [2.45, 2.75) is 53.1 Å². The molecule has 184 valence electrons. The van der Waals surface area contributed by atoms with Gasteiger partial charge in [-0.3, -0.25) is 0 Å². The molecule has 0 heterocycles. The topological polar surface area (TPSA) is 49.3 Å². The molecule has 2 aromatic rings. The highest BCUT2D eigenvalue weighted by Gasteiger charge is 2.22. The summed E-state index contributed by atoms with van der Waals surface area (Å²) >= 11 is 0. The lowest BCUT2D eigenvalue weighted by Gasteiger charge is -2.28. The van der Waals surface area contributed by atoms with Crippen LogP contribution in [0.25, 0.3) is 0 Å². The number of hydrogen-bond acceptors (Lipinski definition) is 5. The van der Waals surface area contributed by atoms with Gasteiger partial charge in [-0.25, -0.2) is 0 Å². The molecule has 0 amide bonds. The Morgan fingerprint density at radius 2 is 1.56 bits per heavy atom. The monoisotopic (exact) mass is 465 g/mol. The fraction of sp³-hybridized carbons (Fsp3) is 0.483. The van der Waals surface area contributed by atoms with E-state index in [1.165, 1.54) is 31.2 Å². The SMILES string of the molecule is C/C=C/COc1cc(C)c(OCC2CCC(COCc3ccc(C=NOC)cc3)CC2)c(C)c1. The molecular formula is C29H39NO4. The van der Waals surface area contributed by atoms with E-state index in [4.69, 9.17) is 19.0 Å². The van der Waals surface area contributed by atoms with Crippen LogP contribution in [0.1, 0.15) is 54.9 Å². The maximum Gasteiger partial charge on any atom is 0.125 e. The first kappa shape index (κ1) is 25.8. The molecule has 0 spiro atoms. The van der Waals surface area contributed by atoms with E-state index in [1.807, 2.05) is 31.2 Å². The largest absolute Gasteiger partial charge is 0.493 e. The van der Waals surface area contributed by atoms with Gasteiger partial charge in [0.1, 0.15) is 25.2 Å². The van der Waals surface area contributed by atoms with Crippen LogP contribution in [0.3, 0.4) is 0 Å². The Morgan fingerprint density at radius 1 is 0.912 bits per heavy atom. The molecule has 3 rings (SSSR count). The summed E-state index contributed by atoms with van der Waals surface area (Å²) in [5, 5.41) is 3.78. The summed E-state index contributed by atoms with van der Waals surface area (Å²) in [6.07, 6.45) is 10.5. The Kier molecular flexibility index (Phi) is 10.5. The Hall–Kier alpha value is -2.79. The molecule has 0 aromatic heterocycles. The molecule has 0 unspecified atom stereocenters. The van der Waals surface area contributed by atoms with Gasteiger partial charge >= 0.3 is 0 Å². The second kappa shape index (κ2) is 13.8. The van der Waals surface area contributed by atoms with Gasteiger partial charge in [-0.1, -0.05) is 41.6 Å². The van der Waals surface area contributed by atoms with Crippen LogP contribution in [0, 0.1) is 25.7 Å². The molecule has 5 nitrogen and oxygen atoms in total. The van der Waals surface area contributed by atoms with Gasteiger partial charge in [0.15, 0.2) is 0 Å². The molecular weight excluding hydrogens is 426 g/mol. The molecule has 2 aromatic carbocycles. The van der Waals surface area contributed by atoms with Crippen molar-refractivity contribution in [3.8, 4) is 11.5 Å². The predicted octanol–water partition coefficient (Wildman–Crippen LogP) is 6.64. The first-order valence-corrected chi connectivity index (χ1v) is 12.3. The van der Waals surface area contributed by atoms with Crippen molar-refractivity contribution >= 4 is 6.21 Å². The van der Waals surface area contributed by atoms with E-state index in [2.05, 4.69) is 43.3 Å². The summed E-state index contributed by atoms with van der Waals surface area (Å²) in [6, 6.07) is 12.4. The standard InChI is InChI=1S/C29H39NO4/c1-5-6-15-33-28-16-22(2)29(23(3)17-28)34-21-27-13-11-26(12-14-27)20-32-19-25-9-7-24(8-10-25)18-30-31-4/h5-10,16-18,26-27H,11-15,19-21H2,1-4H3/b6-5+,30-18?. The lowest BCUT2D eigenvalue weighted by molar-refractivity contribution is 0.0618. The zero-order chi connectivity index (χ0) is 24.2. The van der Waals surface area contributed by atoms with Gasteiger partial charge in [0.2, 0.25) is 0 Å². The fourth-order valence-electron chi connectivity index (χ4n) is 4.39. The lowest BCUT2D eigenvalue weighted by Crippen LogP contribution is -2.23. The van der Waals surface area contributed by atoms with Crippen molar-refractivity contribution in [3.05, 3.63) is 70.8 Å². The van der Waals surface area contributed by atoms with Gasteiger partial charge in [-0.05, 0) is 92.7 Å². The van der Waals surface area contributed by atoms with Gasteiger partial charge in [0.05, 0.1) is 19.4 Å². The lowest BCUT2D eigenvalue weighted by atomic mass is 9.83. The number of hydrogen-bond donors (Lipinski definition) is 0. The third kappa shape index (κ3) is 8.21. The smallest absolute Gasteiger partial charge is 0.125 e. The summed E-state index contributed by atoms with van der Waals surface area (Å²) in [4.78, 5) is 4.71. The third-order valence-corrected chi connectivity index (χ3v) is 6.35. The minimum absolute atomic E-state index is 0.596. The molecule has 0 atom stereocenters. The number of ether oxygens (including phenoxy) is 3. The molecule has 1 aliphatic carbocycles. The average Bonchev–Trinajstić information content (AvgIpc) is 2.84. The highest BCUT2D eigenvalue weighted by molar-refractivity contribution is 5.79. The van der Waals surface area contributed by atoms with Crippen molar-refractivity contribution in [1.29, 1.82) is 0 Å². The Balaban J connectivity index is 1.36. The first-order chi connectivity index (χ1) is 16.6. The molecule has 0 bridgehead atoms. The van der Waals surface area contributed by atoms with Crippen LogP contribution >= 0.6 is 0 Å². The van der Waals surface area contributed by atoms with Crippen molar-refractivity contribution in [3.63, 3.8) is 0 Å². The van der Waals surface area contributed by atoms with E-state index in [-0.39, 0.29) is 0 Å². The summed E-state index contributed by atoms with van der Waals surface area (Å²) < 4.78 is 18.1. The number of nitrogens with zero attached hydrogens (tertiary/aromatic N) is 1. The maximum absolute atomic E-state index is 6.28. The number of oxime groups is 1. The molecule has 1 fully saturated rings. The van der Waals surface area contributed by atoms with Crippen LogP contribution in [-0.4, -0.2) is 33.1 Å². The zero-order valence-corrected chi connectivity index (χ0v) is 21.1. The second-order valence-corrected chi connectivity index (χ2v) is 9.14. The van der Waals surface area contributed by atoms with Gasteiger partial charge in [0.25, 0.3) is 0 Å². The first-order valence-electron chi connectivity index (χ1n) is 12.3. The third-order valence-electron chi connectivity index (χ3n) is 6.35. The van der Waals surface area contributed by atoms with Crippen LogP contribution < -0.4 is 9.47 Å². The zero-order valence-electron chi connectivity index (χ0n) is 21.1. The van der Waals surface area contributed by atoms with Gasteiger partial charge in [-0.15, -0.1) is 0 Å². The van der Waals surface area contributed by atoms with E-state index in [0.717, 1.165) is 41.4 Å². The highest BCUT2D eigenvalue weighted by Crippen LogP contribution is 2.32. The van der Waals surface area contributed by atoms with Crippen molar-refractivity contribution < 1.29 is 19.0 Å². The summed E-state index contributed by atoms with van der Waals surface area (Å²) in [5.74, 6) is 3.16. The molecule has 0 radical (unpaired) electrons. The molecule has 5 heteroatoms. The Labute approximate surface area is 204 Å². The Morgan fingerprint density at radius 3 is 2.18 bits per heavy atom. The van der Waals surface area contributed by atoms with Crippen LogP contribution in [0.4, 0.5) is 0 Å². The highest BCUT2D eigenvalue weighted by atomic mass is 16.6. The number of rotatable bonds is 12. The number of aryl methyl sites for hydroxylation is 2.